The highest BCUT2D eigenvalue weighted by molar-refractivity contribution is 7.15. The van der Waals surface area contributed by atoms with Crippen LogP contribution in [0.5, 0.6) is 0 Å². The summed E-state index contributed by atoms with van der Waals surface area (Å²) in [7, 11) is 2.42. The lowest BCUT2D eigenvalue weighted by Crippen LogP contribution is -2.27. The van der Waals surface area contributed by atoms with Crippen molar-refractivity contribution in [1.82, 2.24) is 0 Å². The van der Waals surface area contributed by atoms with Gasteiger partial charge >= 0.3 is 5.97 Å². The van der Waals surface area contributed by atoms with Gasteiger partial charge in [0.2, 0.25) is 5.91 Å². The molecule has 0 aromatic rings. The van der Waals surface area contributed by atoms with Gasteiger partial charge in [-0.15, -0.1) is 9.24 Å². The SMILES string of the molecule is CC(C(N)=O)C(=O)O.CP. The second-order valence-corrected chi connectivity index (χ2v) is 1.46. The number of amides is 1. The maximum atomic E-state index is 9.98. The van der Waals surface area contributed by atoms with Gasteiger partial charge in [0.1, 0.15) is 5.92 Å². The summed E-state index contributed by atoms with van der Waals surface area (Å²) >= 11 is 0. The Morgan fingerprint density at radius 2 is 1.80 bits per heavy atom. The first-order chi connectivity index (χ1) is 4.55. The molecular formula is C5H12NO3P. The van der Waals surface area contributed by atoms with Crippen LogP contribution in [0.25, 0.3) is 0 Å². The molecule has 0 saturated heterocycles. The topological polar surface area (TPSA) is 80.4 Å². The molecule has 4 nitrogen and oxygen atoms in total. The highest BCUT2D eigenvalue weighted by Crippen LogP contribution is 1.89. The number of hydrogen-bond donors (Lipinski definition) is 2. The zero-order valence-corrected chi connectivity index (χ0v) is 7.15. The quantitative estimate of drug-likeness (QED) is 0.434. The van der Waals surface area contributed by atoms with Gasteiger partial charge < -0.3 is 10.8 Å². The Bertz CT molecular complexity index is 112. The molecule has 0 aliphatic heterocycles. The second kappa shape index (κ2) is 6.49. The van der Waals surface area contributed by atoms with Crippen molar-refractivity contribution >= 4 is 21.1 Å². The average molecular weight is 165 g/mol. The first kappa shape index (κ1) is 12.1. The lowest BCUT2D eigenvalue weighted by atomic mass is 10.2. The zero-order valence-electron chi connectivity index (χ0n) is 6.00. The number of carboxylic acid groups (broad SMARTS) is 1. The smallest absolute Gasteiger partial charge is 0.315 e. The van der Waals surface area contributed by atoms with Crippen molar-refractivity contribution in [2.45, 2.75) is 6.92 Å². The molecule has 3 N–H and O–H groups in total. The predicted octanol–water partition coefficient (Wildman–Crippen LogP) is -0.316. The van der Waals surface area contributed by atoms with Gasteiger partial charge in [0, 0.05) is 0 Å². The molecule has 0 aromatic carbocycles. The molecular weight excluding hydrogens is 153 g/mol. The van der Waals surface area contributed by atoms with Crippen molar-refractivity contribution in [3.63, 3.8) is 0 Å². The average Bonchev–Trinajstić information content (AvgIpc) is 1.90. The molecule has 0 heterocycles. The number of primary amides is 1. The highest BCUT2D eigenvalue weighted by Gasteiger charge is 2.15. The monoisotopic (exact) mass is 165 g/mol. The van der Waals surface area contributed by atoms with Crippen LogP contribution in [0.3, 0.4) is 0 Å². The number of aliphatic carboxylic acids is 1. The van der Waals surface area contributed by atoms with E-state index in [0.717, 1.165) is 0 Å². The number of carbonyl (C=O) groups is 2. The van der Waals surface area contributed by atoms with Crippen LogP contribution in [-0.2, 0) is 9.59 Å². The van der Waals surface area contributed by atoms with E-state index in [1.165, 1.54) is 6.92 Å². The molecule has 0 aliphatic carbocycles. The molecule has 0 aromatic heterocycles. The Labute approximate surface area is 62.0 Å². The molecule has 0 spiro atoms. The molecule has 0 rings (SSSR count). The fraction of sp³-hybridized carbons (Fsp3) is 0.600. The van der Waals surface area contributed by atoms with Gasteiger partial charge in [0.15, 0.2) is 0 Å². The third-order valence-corrected chi connectivity index (χ3v) is 0.797. The van der Waals surface area contributed by atoms with Crippen molar-refractivity contribution in [2.75, 3.05) is 6.66 Å². The van der Waals surface area contributed by atoms with Crippen LogP contribution in [0.4, 0.5) is 0 Å². The van der Waals surface area contributed by atoms with Crippen LogP contribution in [0.1, 0.15) is 6.92 Å². The standard InChI is InChI=1S/C4H7NO3.CH5P/c1-2(3(5)6)4(7)8;1-2/h2H,1H3,(H2,5,6)(H,7,8);2H2,1H3. The highest BCUT2D eigenvalue weighted by atomic mass is 31.0. The Morgan fingerprint density at radius 1 is 1.50 bits per heavy atom. The van der Waals surface area contributed by atoms with Crippen molar-refractivity contribution in [3.05, 3.63) is 0 Å². The number of rotatable bonds is 2. The maximum Gasteiger partial charge on any atom is 0.315 e. The Balaban J connectivity index is 0. The summed E-state index contributed by atoms with van der Waals surface area (Å²) in [6.45, 7) is 3.16. The normalized spacial score (nSPS) is 10.7. The van der Waals surface area contributed by atoms with E-state index in [1.807, 2.05) is 6.66 Å². The van der Waals surface area contributed by atoms with E-state index in [2.05, 4.69) is 15.0 Å². The van der Waals surface area contributed by atoms with Crippen molar-refractivity contribution in [2.24, 2.45) is 11.7 Å². The Kier molecular flexibility index (Phi) is 7.84. The van der Waals surface area contributed by atoms with Crippen molar-refractivity contribution < 1.29 is 14.7 Å². The van der Waals surface area contributed by atoms with E-state index in [9.17, 15) is 9.59 Å². The first-order valence-corrected chi connectivity index (χ1v) is 3.81. The van der Waals surface area contributed by atoms with Gasteiger partial charge in [0.05, 0.1) is 0 Å². The van der Waals surface area contributed by atoms with Gasteiger partial charge in [-0.3, -0.25) is 9.59 Å². The van der Waals surface area contributed by atoms with Crippen LogP contribution in [-0.4, -0.2) is 23.6 Å². The molecule has 1 amide bonds. The van der Waals surface area contributed by atoms with Crippen molar-refractivity contribution in [1.29, 1.82) is 0 Å². The van der Waals surface area contributed by atoms with E-state index in [1.54, 1.807) is 0 Å². The van der Waals surface area contributed by atoms with Gasteiger partial charge in [-0.05, 0) is 6.92 Å². The number of carbonyl (C=O) groups excluding carboxylic acids is 1. The number of carboxylic acids is 1. The van der Waals surface area contributed by atoms with Crippen molar-refractivity contribution in [3.8, 4) is 0 Å². The van der Waals surface area contributed by atoms with Crippen LogP contribution in [0, 0.1) is 5.92 Å². The summed E-state index contributed by atoms with van der Waals surface area (Å²) in [5.74, 6) is -3.06. The van der Waals surface area contributed by atoms with Crippen LogP contribution < -0.4 is 5.73 Å². The number of nitrogens with two attached hydrogens (primary N) is 1. The summed E-state index contributed by atoms with van der Waals surface area (Å²) < 4.78 is 0. The Hall–Kier alpha value is -0.630. The minimum atomic E-state index is -1.18. The fourth-order valence-corrected chi connectivity index (χ4v) is 0.122. The summed E-state index contributed by atoms with van der Waals surface area (Å²) in [6.07, 6.45) is 0. The van der Waals surface area contributed by atoms with E-state index in [4.69, 9.17) is 5.11 Å². The first-order valence-electron chi connectivity index (χ1n) is 2.65. The van der Waals surface area contributed by atoms with Crippen LogP contribution in [0.15, 0.2) is 0 Å². The third-order valence-electron chi connectivity index (χ3n) is 0.797. The van der Waals surface area contributed by atoms with Gasteiger partial charge in [-0.1, -0.05) is 6.66 Å². The molecule has 0 bridgehead atoms. The van der Waals surface area contributed by atoms with E-state index in [-0.39, 0.29) is 0 Å². The zero-order chi connectivity index (χ0) is 8.73. The second-order valence-electron chi connectivity index (χ2n) is 1.46. The molecule has 10 heavy (non-hydrogen) atoms. The maximum absolute atomic E-state index is 9.98. The minimum absolute atomic E-state index is 0.808. The van der Waals surface area contributed by atoms with Gasteiger partial charge in [-0.2, -0.15) is 0 Å². The lowest BCUT2D eigenvalue weighted by molar-refractivity contribution is -0.145. The Morgan fingerprint density at radius 3 is 1.80 bits per heavy atom. The molecule has 0 radical (unpaired) electrons. The van der Waals surface area contributed by atoms with Gasteiger partial charge in [0.25, 0.3) is 0 Å². The predicted molar refractivity (Wildman–Crippen MR) is 41.6 cm³/mol. The molecule has 0 fully saturated rings. The molecule has 5 heteroatoms. The summed E-state index contributed by atoms with van der Waals surface area (Å²) in [6, 6.07) is 0. The molecule has 0 aliphatic rings. The van der Waals surface area contributed by atoms with E-state index < -0.39 is 17.8 Å². The lowest BCUT2D eigenvalue weighted by Gasteiger charge is -1.95. The van der Waals surface area contributed by atoms with Gasteiger partial charge in [-0.25, -0.2) is 0 Å². The number of hydrogen-bond acceptors (Lipinski definition) is 2. The van der Waals surface area contributed by atoms with Crippen LogP contribution >= 0.6 is 9.24 Å². The summed E-state index contributed by atoms with van der Waals surface area (Å²) in [5.41, 5.74) is 4.62. The molecule has 2 atom stereocenters. The molecule has 0 saturated carbocycles. The van der Waals surface area contributed by atoms with E-state index >= 15 is 0 Å². The van der Waals surface area contributed by atoms with Crippen LogP contribution in [0.2, 0.25) is 0 Å². The molecule has 2 unspecified atom stereocenters. The molecule has 60 valence electrons. The third kappa shape index (κ3) is 5.51. The largest absolute Gasteiger partial charge is 0.481 e. The minimum Gasteiger partial charge on any atom is -0.481 e. The fourth-order valence-electron chi connectivity index (χ4n) is 0.122. The summed E-state index contributed by atoms with van der Waals surface area (Å²) in [5, 5.41) is 8.05. The summed E-state index contributed by atoms with van der Waals surface area (Å²) in [4.78, 5) is 19.8. The van der Waals surface area contributed by atoms with E-state index in [0.29, 0.717) is 0 Å².